The highest BCUT2D eigenvalue weighted by Gasteiger charge is 2.33. The number of sulfonamides is 1. The Hall–Kier alpha value is -2.88. The Morgan fingerprint density at radius 2 is 1.79 bits per heavy atom. The molecule has 1 saturated heterocycles. The minimum absolute atomic E-state index is 0.105. The number of anilines is 1. The molecule has 10 heteroatoms. The molecule has 0 bridgehead atoms. The van der Waals surface area contributed by atoms with Crippen molar-refractivity contribution >= 4 is 27.3 Å². The van der Waals surface area contributed by atoms with Crippen LogP contribution >= 0.6 is 11.6 Å². The van der Waals surface area contributed by atoms with Gasteiger partial charge in [-0.05, 0) is 56.0 Å². The minimum Gasteiger partial charge on any atom is -0.482 e. The van der Waals surface area contributed by atoms with Gasteiger partial charge in [0.2, 0.25) is 15.8 Å². The van der Waals surface area contributed by atoms with E-state index >= 15 is 0 Å². The van der Waals surface area contributed by atoms with Crippen molar-refractivity contribution in [1.82, 2.24) is 14.1 Å². The number of ether oxygens (including phenoxy) is 1. The molecule has 0 radical (unpaired) electrons. The third-order valence-electron chi connectivity index (χ3n) is 7.57. The molecular weight excluding hydrogens is 524 g/mol. The number of rotatable bonds is 6. The van der Waals surface area contributed by atoms with E-state index in [9.17, 15) is 13.2 Å². The standard InChI is InChI=1S/C28H33ClN4O4S/c1-19(2)38(35,36)32-15-13-31(14-16-32)25-18-30-33(23-9-6-8-22(29)17-23)28(34)27(25)37-26-12-11-21-7-4-5-10-24(21)20(26)3/h4-10,17-20,26H,11-16H2,1-3H3. The first-order valence-corrected chi connectivity index (χ1v) is 14.9. The molecule has 2 aromatic carbocycles. The monoisotopic (exact) mass is 556 g/mol. The quantitative estimate of drug-likeness (QED) is 0.451. The Morgan fingerprint density at radius 1 is 1.05 bits per heavy atom. The summed E-state index contributed by atoms with van der Waals surface area (Å²) in [6.07, 6.45) is 3.12. The molecule has 1 aliphatic carbocycles. The van der Waals surface area contributed by atoms with Crippen LogP contribution in [0.4, 0.5) is 5.69 Å². The van der Waals surface area contributed by atoms with Crippen LogP contribution in [0.25, 0.3) is 5.69 Å². The average molecular weight is 557 g/mol. The number of piperazine rings is 1. The van der Waals surface area contributed by atoms with Gasteiger partial charge in [-0.25, -0.2) is 8.42 Å². The van der Waals surface area contributed by atoms with Crippen LogP contribution in [-0.4, -0.2) is 60.0 Å². The van der Waals surface area contributed by atoms with Gasteiger partial charge in [0, 0.05) is 37.1 Å². The van der Waals surface area contributed by atoms with E-state index in [1.807, 2.05) is 11.0 Å². The Kier molecular flexibility index (Phi) is 7.53. The maximum Gasteiger partial charge on any atom is 0.316 e. The largest absolute Gasteiger partial charge is 0.482 e. The van der Waals surface area contributed by atoms with Gasteiger partial charge in [-0.1, -0.05) is 48.9 Å². The van der Waals surface area contributed by atoms with E-state index in [0.29, 0.717) is 42.6 Å². The Morgan fingerprint density at radius 3 is 2.50 bits per heavy atom. The fourth-order valence-electron chi connectivity index (χ4n) is 5.31. The average Bonchev–Trinajstić information content (AvgIpc) is 2.91. The highest BCUT2D eigenvalue weighted by Crippen LogP contribution is 2.36. The molecule has 1 aliphatic heterocycles. The molecule has 38 heavy (non-hydrogen) atoms. The molecular formula is C28H33ClN4O4S. The number of hydrogen-bond donors (Lipinski definition) is 0. The number of fused-ring (bicyclic) bond motifs is 1. The second kappa shape index (κ2) is 10.7. The van der Waals surface area contributed by atoms with E-state index in [-0.39, 0.29) is 23.3 Å². The fourth-order valence-corrected chi connectivity index (χ4v) is 6.76. The third kappa shape index (κ3) is 5.07. The molecule has 1 aromatic heterocycles. The van der Waals surface area contributed by atoms with Gasteiger partial charge in [0.15, 0.2) is 0 Å². The number of aryl methyl sites for hydroxylation is 1. The summed E-state index contributed by atoms with van der Waals surface area (Å²) in [5, 5.41) is 4.48. The third-order valence-corrected chi connectivity index (χ3v) is 10.1. The van der Waals surface area contributed by atoms with Crippen molar-refractivity contribution in [3.8, 4) is 11.4 Å². The SMILES string of the molecule is CC1c2ccccc2CCC1Oc1c(N2CCN(S(=O)(=O)C(C)C)CC2)cnn(-c2cccc(Cl)c2)c1=O. The summed E-state index contributed by atoms with van der Waals surface area (Å²) in [5.41, 5.74) is 3.32. The lowest BCUT2D eigenvalue weighted by Gasteiger charge is -2.37. The lowest BCUT2D eigenvalue weighted by atomic mass is 9.82. The van der Waals surface area contributed by atoms with Crippen molar-refractivity contribution in [3.05, 3.63) is 81.2 Å². The second-order valence-electron chi connectivity index (χ2n) is 10.2. The predicted octanol–water partition coefficient (Wildman–Crippen LogP) is 4.24. The first kappa shape index (κ1) is 26.7. The zero-order valence-corrected chi connectivity index (χ0v) is 23.5. The minimum atomic E-state index is -3.35. The number of halogens is 1. The highest BCUT2D eigenvalue weighted by atomic mass is 35.5. The van der Waals surface area contributed by atoms with Crippen molar-refractivity contribution in [3.63, 3.8) is 0 Å². The molecule has 3 aromatic rings. The lowest BCUT2D eigenvalue weighted by molar-refractivity contribution is 0.155. The van der Waals surface area contributed by atoms with Crippen LogP contribution in [0.5, 0.6) is 5.75 Å². The summed E-state index contributed by atoms with van der Waals surface area (Å²) in [7, 11) is -3.35. The number of benzene rings is 2. The summed E-state index contributed by atoms with van der Waals surface area (Å²) in [6.45, 7) is 7.07. The van der Waals surface area contributed by atoms with E-state index in [1.165, 1.54) is 20.1 Å². The van der Waals surface area contributed by atoms with E-state index in [0.717, 1.165) is 12.8 Å². The van der Waals surface area contributed by atoms with Gasteiger partial charge in [-0.3, -0.25) is 4.79 Å². The van der Waals surface area contributed by atoms with Crippen LogP contribution in [-0.2, 0) is 16.4 Å². The van der Waals surface area contributed by atoms with E-state index < -0.39 is 15.3 Å². The molecule has 5 rings (SSSR count). The van der Waals surface area contributed by atoms with Gasteiger partial charge in [-0.2, -0.15) is 14.1 Å². The first-order chi connectivity index (χ1) is 18.2. The summed E-state index contributed by atoms with van der Waals surface area (Å²) in [4.78, 5) is 15.9. The van der Waals surface area contributed by atoms with Gasteiger partial charge < -0.3 is 9.64 Å². The van der Waals surface area contributed by atoms with E-state index in [4.69, 9.17) is 16.3 Å². The lowest BCUT2D eigenvalue weighted by Crippen LogP contribution is -2.51. The molecule has 2 aliphatic rings. The summed E-state index contributed by atoms with van der Waals surface area (Å²) in [6, 6.07) is 15.3. The second-order valence-corrected chi connectivity index (χ2v) is 13.1. The first-order valence-electron chi connectivity index (χ1n) is 13.0. The van der Waals surface area contributed by atoms with Crippen LogP contribution in [0.1, 0.15) is 44.2 Å². The molecule has 0 N–H and O–H groups in total. The topological polar surface area (TPSA) is 84.7 Å². The van der Waals surface area contributed by atoms with Crippen LogP contribution in [0, 0.1) is 0 Å². The maximum atomic E-state index is 13.9. The van der Waals surface area contributed by atoms with Crippen molar-refractivity contribution in [2.24, 2.45) is 0 Å². The smallest absolute Gasteiger partial charge is 0.316 e. The van der Waals surface area contributed by atoms with Crippen molar-refractivity contribution in [2.45, 2.75) is 50.9 Å². The Balaban J connectivity index is 1.50. The zero-order chi connectivity index (χ0) is 27.0. The molecule has 2 atom stereocenters. The van der Waals surface area contributed by atoms with Gasteiger partial charge >= 0.3 is 5.56 Å². The van der Waals surface area contributed by atoms with Crippen LogP contribution in [0.3, 0.4) is 0 Å². The molecule has 202 valence electrons. The van der Waals surface area contributed by atoms with Gasteiger partial charge in [0.25, 0.3) is 0 Å². The number of aromatic nitrogens is 2. The van der Waals surface area contributed by atoms with Crippen LogP contribution in [0.15, 0.2) is 59.5 Å². The van der Waals surface area contributed by atoms with E-state index in [2.05, 4.69) is 30.2 Å². The van der Waals surface area contributed by atoms with Crippen molar-refractivity contribution < 1.29 is 13.2 Å². The Bertz CT molecular complexity index is 1480. The Labute approximate surface area is 228 Å². The highest BCUT2D eigenvalue weighted by molar-refractivity contribution is 7.89. The maximum absolute atomic E-state index is 13.9. The summed E-state index contributed by atoms with van der Waals surface area (Å²) < 4.78 is 34.8. The number of hydrogen-bond acceptors (Lipinski definition) is 6. The van der Waals surface area contributed by atoms with E-state index in [1.54, 1.807) is 44.3 Å². The number of nitrogens with zero attached hydrogens (tertiary/aromatic N) is 4. The predicted molar refractivity (Wildman–Crippen MR) is 150 cm³/mol. The molecule has 0 amide bonds. The molecule has 8 nitrogen and oxygen atoms in total. The molecule has 0 saturated carbocycles. The molecule has 0 spiro atoms. The molecule has 1 fully saturated rings. The fraction of sp³-hybridized carbons (Fsp3) is 0.429. The summed E-state index contributed by atoms with van der Waals surface area (Å²) >= 11 is 6.20. The zero-order valence-electron chi connectivity index (χ0n) is 21.9. The normalized spacial score (nSPS) is 20.4. The van der Waals surface area contributed by atoms with Crippen LogP contribution in [0.2, 0.25) is 5.02 Å². The molecule has 2 unspecified atom stereocenters. The van der Waals surface area contributed by atoms with Gasteiger partial charge in [-0.15, -0.1) is 0 Å². The molecule has 2 heterocycles. The van der Waals surface area contributed by atoms with Crippen LogP contribution < -0.4 is 15.2 Å². The summed E-state index contributed by atoms with van der Waals surface area (Å²) in [5.74, 6) is 0.337. The van der Waals surface area contributed by atoms with Gasteiger partial charge in [0.1, 0.15) is 11.8 Å². The van der Waals surface area contributed by atoms with Crippen molar-refractivity contribution in [2.75, 3.05) is 31.1 Å². The van der Waals surface area contributed by atoms with Gasteiger partial charge in [0.05, 0.1) is 17.1 Å². The van der Waals surface area contributed by atoms with Crippen molar-refractivity contribution in [1.29, 1.82) is 0 Å².